The van der Waals surface area contributed by atoms with Crippen molar-refractivity contribution in [2.24, 2.45) is 0 Å². The summed E-state index contributed by atoms with van der Waals surface area (Å²) >= 11 is 3.18. The molecule has 0 heterocycles. The van der Waals surface area contributed by atoms with Gasteiger partial charge in [-0.2, -0.15) is 0 Å². The zero-order valence-electron chi connectivity index (χ0n) is 11.2. The zero-order chi connectivity index (χ0) is 13.8. The first-order chi connectivity index (χ1) is 9.15. The molecule has 0 bridgehead atoms. The summed E-state index contributed by atoms with van der Waals surface area (Å²) in [6.45, 7) is 2.66. The lowest BCUT2D eigenvalue weighted by molar-refractivity contribution is 0.0646. The fraction of sp³-hybridized carbons (Fsp3) is 0.533. The summed E-state index contributed by atoms with van der Waals surface area (Å²) in [5.74, 6) is -0.452. The summed E-state index contributed by atoms with van der Waals surface area (Å²) in [7, 11) is 0. The topological polar surface area (TPSA) is 20.3 Å². The van der Waals surface area contributed by atoms with Gasteiger partial charge in [0.1, 0.15) is 5.82 Å². The second-order valence-corrected chi connectivity index (χ2v) is 5.78. The van der Waals surface area contributed by atoms with E-state index >= 15 is 0 Å². The number of rotatable bonds is 3. The summed E-state index contributed by atoms with van der Waals surface area (Å²) in [6, 6.07) is 4.93. The third kappa shape index (κ3) is 3.16. The van der Waals surface area contributed by atoms with Gasteiger partial charge in [0.25, 0.3) is 5.91 Å². The van der Waals surface area contributed by atoms with Crippen LogP contribution >= 0.6 is 15.9 Å². The minimum absolute atomic E-state index is 0.0687. The highest BCUT2D eigenvalue weighted by Gasteiger charge is 2.26. The van der Waals surface area contributed by atoms with Gasteiger partial charge in [0.05, 0.1) is 10.0 Å². The van der Waals surface area contributed by atoms with Crippen molar-refractivity contribution in [1.82, 2.24) is 4.90 Å². The molecule has 1 aromatic rings. The van der Waals surface area contributed by atoms with E-state index in [0.29, 0.717) is 18.2 Å². The Balaban J connectivity index is 2.22. The van der Waals surface area contributed by atoms with Gasteiger partial charge in [0, 0.05) is 12.6 Å². The van der Waals surface area contributed by atoms with E-state index < -0.39 is 0 Å². The normalized spacial score (nSPS) is 16.4. The molecule has 2 rings (SSSR count). The highest BCUT2D eigenvalue weighted by Crippen LogP contribution is 2.27. The van der Waals surface area contributed by atoms with E-state index in [0.717, 1.165) is 12.8 Å². The number of hydrogen-bond donors (Lipinski definition) is 0. The van der Waals surface area contributed by atoms with E-state index in [1.165, 1.54) is 25.3 Å². The molecular formula is C15H19BrFNO. The summed E-state index contributed by atoms with van der Waals surface area (Å²) in [5.41, 5.74) is 0.424. The Bertz CT molecular complexity index is 457. The average molecular weight is 328 g/mol. The van der Waals surface area contributed by atoms with Crippen LogP contribution in [0, 0.1) is 5.82 Å². The van der Waals surface area contributed by atoms with Crippen molar-refractivity contribution in [1.29, 1.82) is 0 Å². The molecule has 0 unspecified atom stereocenters. The average Bonchev–Trinajstić information content (AvgIpc) is 2.44. The molecule has 0 atom stereocenters. The van der Waals surface area contributed by atoms with Crippen molar-refractivity contribution in [3.63, 3.8) is 0 Å². The highest BCUT2D eigenvalue weighted by atomic mass is 79.9. The van der Waals surface area contributed by atoms with E-state index in [-0.39, 0.29) is 16.2 Å². The Morgan fingerprint density at radius 2 is 2.05 bits per heavy atom. The van der Waals surface area contributed by atoms with Crippen LogP contribution in [-0.2, 0) is 0 Å². The van der Waals surface area contributed by atoms with Gasteiger partial charge in [-0.25, -0.2) is 4.39 Å². The van der Waals surface area contributed by atoms with Gasteiger partial charge in [0.2, 0.25) is 0 Å². The molecule has 0 spiro atoms. The lowest BCUT2D eigenvalue weighted by Crippen LogP contribution is -2.41. The van der Waals surface area contributed by atoms with Crippen molar-refractivity contribution in [2.75, 3.05) is 6.54 Å². The number of halogens is 2. The maximum absolute atomic E-state index is 13.5. The van der Waals surface area contributed by atoms with Crippen LogP contribution in [0.15, 0.2) is 22.7 Å². The molecule has 1 aromatic carbocycles. The highest BCUT2D eigenvalue weighted by molar-refractivity contribution is 9.10. The largest absolute Gasteiger partial charge is 0.336 e. The minimum atomic E-state index is -0.384. The first-order valence-corrected chi connectivity index (χ1v) is 7.69. The standard InChI is InChI=1S/C15H19BrFNO/c1-2-18(11-7-4-3-5-8-11)15(19)12-9-6-10-13(17)14(12)16/h6,9-11H,2-5,7-8H2,1H3. The Hall–Kier alpha value is -0.900. The summed E-state index contributed by atoms with van der Waals surface area (Å²) in [4.78, 5) is 14.5. The second kappa shape index (κ2) is 6.51. The summed E-state index contributed by atoms with van der Waals surface area (Å²) < 4.78 is 13.8. The smallest absolute Gasteiger partial charge is 0.255 e. The number of hydrogen-bond acceptors (Lipinski definition) is 1. The molecule has 4 heteroatoms. The van der Waals surface area contributed by atoms with Crippen LogP contribution < -0.4 is 0 Å². The number of carbonyl (C=O) groups is 1. The Morgan fingerprint density at radius 1 is 1.37 bits per heavy atom. The molecule has 1 fully saturated rings. The van der Waals surface area contributed by atoms with Crippen LogP contribution in [0.1, 0.15) is 49.4 Å². The van der Waals surface area contributed by atoms with Crippen molar-refractivity contribution >= 4 is 21.8 Å². The van der Waals surface area contributed by atoms with Crippen LogP contribution in [0.5, 0.6) is 0 Å². The van der Waals surface area contributed by atoms with Gasteiger partial charge in [-0.1, -0.05) is 25.3 Å². The predicted molar refractivity (Wildman–Crippen MR) is 77.7 cm³/mol. The monoisotopic (exact) mass is 327 g/mol. The molecule has 1 aliphatic carbocycles. The van der Waals surface area contributed by atoms with Gasteiger partial charge in [-0.15, -0.1) is 0 Å². The molecule has 0 N–H and O–H groups in total. The lowest BCUT2D eigenvalue weighted by atomic mass is 9.93. The Labute approximate surface area is 122 Å². The van der Waals surface area contributed by atoms with Gasteiger partial charge < -0.3 is 4.90 Å². The van der Waals surface area contributed by atoms with Crippen LogP contribution in [-0.4, -0.2) is 23.4 Å². The van der Waals surface area contributed by atoms with E-state index in [4.69, 9.17) is 0 Å². The molecule has 1 aliphatic rings. The van der Waals surface area contributed by atoms with Gasteiger partial charge in [-0.3, -0.25) is 4.79 Å². The molecule has 19 heavy (non-hydrogen) atoms. The summed E-state index contributed by atoms with van der Waals surface area (Å²) in [5, 5.41) is 0. The van der Waals surface area contributed by atoms with Gasteiger partial charge in [0.15, 0.2) is 0 Å². The number of benzene rings is 1. The first kappa shape index (κ1) is 14.5. The molecule has 0 aromatic heterocycles. The molecule has 1 amide bonds. The Kier molecular flexibility index (Phi) is 4.97. The molecule has 2 nitrogen and oxygen atoms in total. The zero-order valence-corrected chi connectivity index (χ0v) is 12.7. The van der Waals surface area contributed by atoms with Crippen LogP contribution in [0.25, 0.3) is 0 Å². The molecule has 104 valence electrons. The third-order valence-corrected chi connectivity index (χ3v) is 4.60. The molecule has 1 saturated carbocycles. The molecular weight excluding hydrogens is 309 g/mol. The van der Waals surface area contributed by atoms with Crippen LogP contribution in [0.3, 0.4) is 0 Å². The molecule has 0 saturated heterocycles. The van der Waals surface area contributed by atoms with Gasteiger partial charge >= 0.3 is 0 Å². The SMILES string of the molecule is CCN(C(=O)c1cccc(F)c1Br)C1CCCCC1. The minimum Gasteiger partial charge on any atom is -0.336 e. The molecule has 0 aliphatic heterocycles. The van der Waals surface area contributed by atoms with Crippen LogP contribution in [0.2, 0.25) is 0 Å². The lowest BCUT2D eigenvalue weighted by Gasteiger charge is -2.33. The fourth-order valence-electron chi connectivity index (χ4n) is 2.78. The Morgan fingerprint density at radius 3 is 2.68 bits per heavy atom. The van der Waals surface area contributed by atoms with E-state index in [1.54, 1.807) is 12.1 Å². The van der Waals surface area contributed by atoms with Crippen molar-refractivity contribution in [3.8, 4) is 0 Å². The summed E-state index contributed by atoms with van der Waals surface area (Å²) in [6.07, 6.45) is 5.74. The predicted octanol–water partition coefficient (Wildman–Crippen LogP) is 4.38. The van der Waals surface area contributed by atoms with Crippen molar-refractivity contribution in [3.05, 3.63) is 34.1 Å². The molecule has 0 radical (unpaired) electrons. The van der Waals surface area contributed by atoms with E-state index in [9.17, 15) is 9.18 Å². The third-order valence-electron chi connectivity index (χ3n) is 3.80. The van der Waals surface area contributed by atoms with Crippen molar-refractivity contribution in [2.45, 2.75) is 45.1 Å². The maximum Gasteiger partial charge on any atom is 0.255 e. The quantitative estimate of drug-likeness (QED) is 0.806. The van der Waals surface area contributed by atoms with Crippen molar-refractivity contribution < 1.29 is 9.18 Å². The van der Waals surface area contributed by atoms with E-state index in [2.05, 4.69) is 15.9 Å². The fourth-order valence-corrected chi connectivity index (χ4v) is 3.22. The maximum atomic E-state index is 13.5. The van der Waals surface area contributed by atoms with Gasteiger partial charge in [-0.05, 0) is 47.8 Å². The van der Waals surface area contributed by atoms with Crippen LogP contribution in [0.4, 0.5) is 4.39 Å². The number of nitrogens with zero attached hydrogens (tertiary/aromatic N) is 1. The number of amides is 1. The second-order valence-electron chi connectivity index (χ2n) is 4.98. The number of carbonyl (C=O) groups excluding carboxylic acids is 1. The van der Waals surface area contributed by atoms with E-state index in [1.807, 2.05) is 11.8 Å². The first-order valence-electron chi connectivity index (χ1n) is 6.90.